The highest BCUT2D eigenvalue weighted by Crippen LogP contribution is 2.35. The van der Waals surface area contributed by atoms with Crippen LogP contribution in [0.15, 0.2) is 41.5 Å². The van der Waals surface area contributed by atoms with E-state index in [1.165, 1.54) is 23.4 Å². The molecule has 1 aliphatic heterocycles. The number of carbonyl (C=O) groups excluding carboxylic acids is 1. The maximum atomic E-state index is 13.6. The number of nitrogens with zero attached hydrogens (tertiary/aromatic N) is 2. The van der Waals surface area contributed by atoms with E-state index in [4.69, 9.17) is 0 Å². The third kappa shape index (κ3) is 3.57. The van der Waals surface area contributed by atoms with Crippen molar-refractivity contribution in [2.45, 2.75) is 25.3 Å². The Bertz CT molecular complexity index is 1180. The number of carbonyl (C=O) groups is 1. The smallest absolute Gasteiger partial charge is 0.360 e. The minimum atomic E-state index is -4.89. The Kier molecular flexibility index (Phi) is 4.87. The zero-order valence-electron chi connectivity index (χ0n) is 15.5. The summed E-state index contributed by atoms with van der Waals surface area (Å²) in [7, 11) is 0. The van der Waals surface area contributed by atoms with E-state index in [1.807, 2.05) is 0 Å². The van der Waals surface area contributed by atoms with Crippen LogP contribution in [-0.4, -0.2) is 39.6 Å². The van der Waals surface area contributed by atoms with E-state index in [9.17, 15) is 31.5 Å². The number of alkyl halides is 4. The van der Waals surface area contributed by atoms with Crippen molar-refractivity contribution in [1.29, 1.82) is 0 Å². The molecule has 5 nitrogen and oxygen atoms in total. The number of halogens is 5. The summed E-state index contributed by atoms with van der Waals surface area (Å²) in [4.78, 5) is 29.4. The van der Waals surface area contributed by atoms with Gasteiger partial charge in [-0.15, -0.1) is 0 Å². The summed E-state index contributed by atoms with van der Waals surface area (Å²) in [5, 5.41) is 0.0785. The van der Waals surface area contributed by atoms with Gasteiger partial charge in [0.05, 0.1) is 23.0 Å². The fourth-order valence-electron chi connectivity index (χ4n) is 3.63. The van der Waals surface area contributed by atoms with E-state index in [2.05, 4.69) is 4.98 Å². The first-order valence-electron chi connectivity index (χ1n) is 9.14. The lowest BCUT2D eigenvalue weighted by molar-refractivity contribution is -0.140. The van der Waals surface area contributed by atoms with E-state index in [1.54, 1.807) is 0 Å². The van der Waals surface area contributed by atoms with Crippen molar-refractivity contribution in [3.63, 3.8) is 0 Å². The van der Waals surface area contributed by atoms with Gasteiger partial charge in [0.25, 0.3) is 5.56 Å². The number of rotatable bonds is 3. The molecule has 3 heterocycles. The van der Waals surface area contributed by atoms with Gasteiger partial charge in [-0.1, -0.05) is 6.07 Å². The second-order valence-electron chi connectivity index (χ2n) is 7.16. The highest BCUT2D eigenvalue weighted by atomic mass is 19.4. The lowest BCUT2D eigenvalue weighted by Gasteiger charge is -2.16. The molecule has 0 radical (unpaired) electrons. The Morgan fingerprint density at radius 2 is 2.00 bits per heavy atom. The summed E-state index contributed by atoms with van der Waals surface area (Å²) in [6, 6.07) is 4.01. The number of nitrogens with one attached hydrogen (secondary N) is 1. The quantitative estimate of drug-likeness (QED) is 0.651. The summed E-state index contributed by atoms with van der Waals surface area (Å²) >= 11 is 0. The summed E-state index contributed by atoms with van der Waals surface area (Å²) in [6.07, 6.45) is -2.99. The standard InChI is InChI=1S/C20H16F5N3O2/c21-12-3-5-27(9-12)17(29)10-28-6-4-16-18(19(28)30)13(8-26-16)11-1-2-15(22)14(7-11)20(23,24)25/h1-2,4,6-8,12,26H,3,5,9-10H2. The molecule has 1 amide bonds. The van der Waals surface area contributed by atoms with Gasteiger partial charge < -0.3 is 14.5 Å². The molecule has 1 saturated heterocycles. The van der Waals surface area contributed by atoms with Gasteiger partial charge in [-0.3, -0.25) is 9.59 Å². The summed E-state index contributed by atoms with van der Waals surface area (Å²) in [6.45, 7) is -0.0768. The molecule has 4 rings (SSSR count). The number of likely N-dealkylation sites (tertiary alicyclic amines) is 1. The molecule has 2 aromatic heterocycles. The van der Waals surface area contributed by atoms with Crippen LogP contribution in [0.1, 0.15) is 12.0 Å². The van der Waals surface area contributed by atoms with Gasteiger partial charge in [-0.2, -0.15) is 13.2 Å². The molecular weight excluding hydrogens is 409 g/mol. The third-order valence-electron chi connectivity index (χ3n) is 5.18. The van der Waals surface area contributed by atoms with Crippen LogP contribution in [0.4, 0.5) is 22.0 Å². The van der Waals surface area contributed by atoms with Gasteiger partial charge in [-0.05, 0) is 30.2 Å². The SMILES string of the molecule is O=C(Cn1ccc2[nH]cc(-c3ccc(F)c(C(F)(F)F)c3)c2c1=O)N1CCC(F)C1. The molecule has 1 N–H and O–H groups in total. The van der Waals surface area contributed by atoms with Crippen molar-refractivity contribution in [2.24, 2.45) is 0 Å². The number of hydrogen-bond acceptors (Lipinski definition) is 2. The third-order valence-corrected chi connectivity index (χ3v) is 5.18. The normalized spacial score (nSPS) is 17.1. The largest absolute Gasteiger partial charge is 0.419 e. The molecule has 10 heteroatoms. The fraction of sp³-hybridized carbons (Fsp3) is 0.300. The van der Waals surface area contributed by atoms with E-state index < -0.39 is 35.2 Å². The number of hydrogen-bond donors (Lipinski definition) is 1. The number of aromatic amines is 1. The van der Waals surface area contributed by atoms with Crippen molar-refractivity contribution >= 4 is 16.8 Å². The van der Waals surface area contributed by atoms with Crippen LogP contribution in [0.3, 0.4) is 0 Å². The molecule has 1 unspecified atom stereocenters. The van der Waals surface area contributed by atoms with Crippen molar-refractivity contribution in [1.82, 2.24) is 14.5 Å². The van der Waals surface area contributed by atoms with Gasteiger partial charge in [0.1, 0.15) is 18.5 Å². The zero-order chi connectivity index (χ0) is 21.6. The maximum Gasteiger partial charge on any atom is 0.419 e. The van der Waals surface area contributed by atoms with Crippen LogP contribution in [0.5, 0.6) is 0 Å². The van der Waals surface area contributed by atoms with Crippen molar-refractivity contribution < 1.29 is 26.7 Å². The minimum absolute atomic E-state index is 0.0102. The van der Waals surface area contributed by atoms with Crippen LogP contribution >= 0.6 is 0 Å². The van der Waals surface area contributed by atoms with E-state index in [-0.39, 0.29) is 42.6 Å². The van der Waals surface area contributed by atoms with Gasteiger partial charge >= 0.3 is 6.18 Å². The number of H-pyrrole nitrogens is 1. The average molecular weight is 425 g/mol. The Labute approximate surface area is 166 Å². The van der Waals surface area contributed by atoms with Crippen LogP contribution < -0.4 is 5.56 Å². The summed E-state index contributed by atoms with van der Waals surface area (Å²) < 4.78 is 67.3. The minimum Gasteiger partial charge on any atom is -0.360 e. The molecule has 0 spiro atoms. The molecule has 1 atom stereocenters. The molecule has 0 saturated carbocycles. The predicted octanol–water partition coefficient (Wildman–Crippen LogP) is 3.72. The molecule has 1 aromatic carbocycles. The molecule has 1 fully saturated rings. The van der Waals surface area contributed by atoms with Crippen molar-refractivity contribution in [3.8, 4) is 11.1 Å². The monoisotopic (exact) mass is 425 g/mol. The highest BCUT2D eigenvalue weighted by Gasteiger charge is 2.34. The number of fused-ring (bicyclic) bond motifs is 1. The van der Waals surface area contributed by atoms with Crippen LogP contribution in [0, 0.1) is 5.82 Å². The first kappa shape index (κ1) is 20.1. The van der Waals surface area contributed by atoms with Crippen molar-refractivity contribution in [3.05, 3.63) is 58.4 Å². The lowest BCUT2D eigenvalue weighted by atomic mass is 10.0. The number of aromatic nitrogens is 2. The fourth-order valence-corrected chi connectivity index (χ4v) is 3.63. The van der Waals surface area contributed by atoms with Crippen LogP contribution in [0.2, 0.25) is 0 Å². The molecular formula is C20H16F5N3O2. The Hall–Kier alpha value is -3.17. The average Bonchev–Trinajstić information content (AvgIpc) is 3.30. The van der Waals surface area contributed by atoms with E-state index >= 15 is 0 Å². The predicted molar refractivity (Wildman–Crippen MR) is 99.0 cm³/mol. The second kappa shape index (κ2) is 7.26. The first-order chi connectivity index (χ1) is 14.1. The van der Waals surface area contributed by atoms with Crippen LogP contribution in [0.25, 0.3) is 22.0 Å². The van der Waals surface area contributed by atoms with Gasteiger partial charge in [0.2, 0.25) is 5.91 Å². The molecule has 3 aromatic rings. The van der Waals surface area contributed by atoms with Gasteiger partial charge in [-0.25, -0.2) is 8.78 Å². The molecule has 1 aliphatic rings. The first-order valence-corrected chi connectivity index (χ1v) is 9.14. The van der Waals surface area contributed by atoms with E-state index in [0.29, 0.717) is 17.6 Å². The number of benzene rings is 1. The number of pyridine rings is 1. The van der Waals surface area contributed by atoms with E-state index in [0.717, 1.165) is 10.6 Å². The van der Waals surface area contributed by atoms with Crippen LogP contribution in [-0.2, 0) is 17.5 Å². The maximum absolute atomic E-state index is 13.6. The summed E-state index contributed by atoms with van der Waals surface area (Å²) in [5.41, 5.74) is -1.49. The Balaban J connectivity index is 1.74. The molecule has 0 bridgehead atoms. The highest BCUT2D eigenvalue weighted by molar-refractivity contribution is 5.95. The Morgan fingerprint density at radius 3 is 2.67 bits per heavy atom. The molecule has 158 valence electrons. The second-order valence-corrected chi connectivity index (χ2v) is 7.16. The Morgan fingerprint density at radius 1 is 1.23 bits per heavy atom. The number of amides is 1. The van der Waals surface area contributed by atoms with Gasteiger partial charge in [0.15, 0.2) is 0 Å². The topological polar surface area (TPSA) is 58.1 Å². The summed E-state index contributed by atoms with van der Waals surface area (Å²) in [5.74, 6) is -1.83. The molecule has 30 heavy (non-hydrogen) atoms. The zero-order valence-corrected chi connectivity index (χ0v) is 15.5. The lowest BCUT2D eigenvalue weighted by Crippen LogP contribution is -2.35. The molecule has 0 aliphatic carbocycles. The van der Waals surface area contributed by atoms with Gasteiger partial charge in [0, 0.05) is 24.5 Å². The van der Waals surface area contributed by atoms with Crippen molar-refractivity contribution in [2.75, 3.05) is 13.1 Å².